The molecule has 3 heterocycles. The maximum Gasteiger partial charge on any atom is 0.234 e. The van der Waals surface area contributed by atoms with Crippen molar-refractivity contribution in [3.05, 3.63) is 0 Å². The van der Waals surface area contributed by atoms with Crippen LogP contribution in [0, 0.1) is 0 Å². The van der Waals surface area contributed by atoms with E-state index in [9.17, 15) is 20.0 Å². The molecule has 10 heteroatoms. The van der Waals surface area contributed by atoms with E-state index in [1.807, 2.05) is 55.4 Å². The molecule has 3 saturated heterocycles. The predicted octanol–water partition coefficient (Wildman–Crippen LogP) is 1.66. The second-order valence-corrected chi connectivity index (χ2v) is 13.8. The van der Waals surface area contributed by atoms with Gasteiger partial charge in [-0.25, -0.2) is 0 Å². The van der Waals surface area contributed by atoms with Gasteiger partial charge in [-0.15, -0.1) is 0 Å². The number of hydroxylamine groups is 4. The molecular formula is C26H50N6O4. The minimum absolute atomic E-state index is 0.0182. The van der Waals surface area contributed by atoms with Crippen molar-refractivity contribution in [1.82, 2.24) is 30.6 Å². The van der Waals surface area contributed by atoms with E-state index in [-0.39, 0.29) is 23.9 Å². The molecule has 3 fully saturated rings. The van der Waals surface area contributed by atoms with Gasteiger partial charge in [-0.05, 0) is 81.1 Å². The molecule has 0 aromatic rings. The lowest BCUT2D eigenvalue weighted by Gasteiger charge is -2.51. The third-order valence-electron chi connectivity index (χ3n) is 8.21. The molecule has 3 aliphatic heterocycles. The van der Waals surface area contributed by atoms with E-state index in [2.05, 4.69) is 20.4 Å². The molecule has 2 amide bonds. The van der Waals surface area contributed by atoms with Crippen LogP contribution in [0.2, 0.25) is 0 Å². The molecule has 0 aromatic carbocycles. The third-order valence-corrected chi connectivity index (χ3v) is 8.21. The SMILES string of the molecule is CC1(C)CC(NC(=O)CN2CCN(CC(=O)NC3CC(C)(C)N(O)C(C)(C)C3)CC2)CC(C)(C)N1O. The highest BCUT2D eigenvalue weighted by molar-refractivity contribution is 5.79. The Kier molecular flexibility index (Phi) is 8.50. The Morgan fingerprint density at radius 2 is 0.861 bits per heavy atom. The van der Waals surface area contributed by atoms with Crippen LogP contribution >= 0.6 is 0 Å². The normalized spacial score (nSPS) is 28.1. The van der Waals surface area contributed by atoms with Gasteiger partial charge in [0.15, 0.2) is 0 Å². The molecule has 0 bridgehead atoms. The quantitative estimate of drug-likeness (QED) is 0.427. The Morgan fingerprint density at radius 3 is 1.11 bits per heavy atom. The minimum atomic E-state index is -0.396. The second-order valence-electron chi connectivity index (χ2n) is 13.8. The first-order valence-corrected chi connectivity index (χ1v) is 13.4. The molecule has 0 spiro atoms. The van der Waals surface area contributed by atoms with Gasteiger partial charge < -0.3 is 21.0 Å². The van der Waals surface area contributed by atoms with Gasteiger partial charge in [0.1, 0.15) is 0 Å². The third kappa shape index (κ3) is 6.96. The summed E-state index contributed by atoms with van der Waals surface area (Å²) in [6.45, 7) is 19.7. The number of amides is 2. The van der Waals surface area contributed by atoms with Crippen LogP contribution in [-0.2, 0) is 9.59 Å². The van der Waals surface area contributed by atoms with Crippen molar-refractivity contribution >= 4 is 11.8 Å². The molecule has 3 rings (SSSR count). The summed E-state index contributed by atoms with van der Waals surface area (Å²) in [4.78, 5) is 29.8. The standard InChI is InChI=1S/C26H50N6O4/c1-23(2)13-19(14-24(3,4)31(23)35)27-21(33)17-29-9-11-30(12-10-29)18-22(34)28-20-15-25(5,6)32(36)26(7,8)16-20/h19-20,35-36H,9-18H2,1-8H3,(H,27,33)(H,28,34). The highest BCUT2D eigenvalue weighted by atomic mass is 16.5. The van der Waals surface area contributed by atoms with Crippen molar-refractivity contribution in [1.29, 1.82) is 0 Å². The number of piperidine rings is 2. The summed E-state index contributed by atoms with van der Waals surface area (Å²) in [6.07, 6.45) is 2.81. The number of piperazine rings is 1. The molecule has 0 radical (unpaired) electrons. The van der Waals surface area contributed by atoms with Gasteiger partial charge in [0.25, 0.3) is 0 Å². The van der Waals surface area contributed by atoms with Crippen molar-refractivity contribution in [3.63, 3.8) is 0 Å². The predicted molar refractivity (Wildman–Crippen MR) is 139 cm³/mol. The molecule has 3 aliphatic rings. The van der Waals surface area contributed by atoms with Gasteiger partial charge in [-0.1, -0.05) is 0 Å². The molecule has 0 atom stereocenters. The first kappa shape index (κ1) is 29.3. The summed E-state index contributed by atoms with van der Waals surface area (Å²) in [5.41, 5.74) is -1.59. The molecule has 208 valence electrons. The fraction of sp³-hybridized carbons (Fsp3) is 0.923. The maximum atomic E-state index is 12.8. The summed E-state index contributed by atoms with van der Waals surface area (Å²) in [5.74, 6) is 0.0364. The Labute approximate surface area is 217 Å². The van der Waals surface area contributed by atoms with E-state index in [1.165, 1.54) is 10.1 Å². The van der Waals surface area contributed by atoms with Crippen LogP contribution in [0.3, 0.4) is 0 Å². The van der Waals surface area contributed by atoms with Gasteiger partial charge in [-0.2, -0.15) is 10.1 Å². The molecule has 4 N–H and O–H groups in total. The van der Waals surface area contributed by atoms with Crippen LogP contribution in [0.4, 0.5) is 0 Å². The largest absolute Gasteiger partial charge is 0.352 e. The summed E-state index contributed by atoms with van der Waals surface area (Å²) in [6, 6.07) is 0.0621. The number of hydrogen-bond donors (Lipinski definition) is 4. The summed E-state index contributed by atoms with van der Waals surface area (Å²) < 4.78 is 0. The van der Waals surface area contributed by atoms with Crippen molar-refractivity contribution in [2.75, 3.05) is 39.3 Å². The van der Waals surface area contributed by atoms with E-state index in [1.54, 1.807) is 0 Å². The van der Waals surface area contributed by atoms with Gasteiger partial charge in [0.2, 0.25) is 11.8 Å². The fourth-order valence-electron chi connectivity index (χ4n) is 6.80. The maximum absolute atomic E-state index is 12.8. The van der Waals surface area contributed by atoms with E-state index in [0.29, 0.717) is 38.8 Å². The zero-order valence-corrected chi connectivity index (χ0v) is 23.7. The smallest absolute Gasteiger partial charge is 0.234 e. The molecule has 0 saturated carbocycles. The second kappa shape index (κ2) is 10.5. The highest BCUT2D eigenvalue weighted by Gasteiger charge is 2.46. The monoisotopic (exact) mass is 510 g/mol. The van der Waals surface area contributed by atoms with E-state index in [0.717, 1.165) is 26.2 Å². The lowest BCUT2D eigenvalue weighted by molar-refractivity contribution is -0.246. The number of carbonyl (C=O) groups excluding carboxylic acids is 2. The van der Waals surface area contributed by atoms with Crippen molar-refractivity contribution in [2.45, 2.75) is 115 Å². The van der Waals surface area contributed by atoms with Crippen LogP contribution in [0.5, 0.6) is 0 Å². The van der Waals surface area contributed by atoms with Gasteiger partial charge in [-0.3, -0.25) is 19.4 Å². The Bertz CT molecular complexity index is 704. The number of carbonyl (C=O) groups is 2. The number of nitrogens with one attached hydrogen (secondary N) is 2. The lowest BCUT2D eigenvalue weighted by atomic mass is 9.79. The van der Waals surface area contributed by atoms with Crippen LogP contribution in [0.25, 0.3) is 0 Å². The van der Waals surface area contributed by atoms with E-state index in [4.69, 9.17) is 0 Å². The molecule has 0 unspecified atom stereocenters. The zero-order chi connectivity index (χ0) is 27.1. The first-order valence-electron chi connectivity index (χ1n) is 13.4. The average molecular weight is 511 g/mol. The molecule has 0 aromatic heterocycles. The lowest BCUT2D eigenvalue weighted by Crippen LogP contribution is -2.63. The van der Waals surface area contributed by atoms with Crippen LogP contribution in [0.1, 0.15) is 81.1 Å². The highest BCUT2D eigenvalue weighted by Crippen LogP contribution is 2.37. The topological polar surface area (TPSA) is 112 Å². The van der Waals surface area contributed by atoms with Gasteiger partial charge in [0, 0.05) is 60.4 Å². The van der Waals surface area contributed by atoms with Crippen molar-refractivity contribution in [2.24, 2.45) is 0 Å². The van der Waals surface area contributed by atoms with Crippen molar-refractivity contribution < 1.29 is 20.0 Å². The van der Waals surface area contributed by atoms with Crippen LogP contribution in [0.15, 0.2) is 0 Å². The summed E-state index contributed by atoms with van der Waals surface area (Å²) in [7, 11) is 0. The molecular weight excluding hydrogens is 460 g/mol. The molecule has 10 nitrogen and oxygen atoms in total. The Balaban J connectivity index is 1.40. The summed E-state index contributed by atoms with van der Waals surface area (Å²) in [5, 5.41) is 30.2. The van der Waals surface area contributed by atoms with Crippen LogP contribution in [-0.4, -0.2) is 116 Å². The first-order chi connectivity index (χ1) is 16.4. The Morgan fingerprint density at radius 1 is 0.611 bits per heavy atom. The van der Waals surface area contributed by atoms with Crippen molar-refractivity contribution in [3.8, 4) is 0 Å². The van der Waals surface area contributed by atoms with Crippen LogP contribution < -0.4 is 10.6 Å². The Hall–Kier alpha value is -1.30. The molecule has 0 aliphatic carbocycles. The minimum Gasteiger partial charge on any atom is -0.352 e. The van der Waals surface area contributed by atoms with Gasteiger partial charge >= 0.3 is 0 Å². The number of rotatable bonds is 6. The number of nitrogens with zero attached hydrogens (tertiary/aromatic N) is 4. The average Bonchev–Trinajstić information content (AvgIpc) is 2.70. The van der Waals surface area contributed by atoms with E-state index < -0.39 is 22.2 Å². The number of hydrogen-bond acceptors (Lipinski definition) is 8. The summed E-state index contributed by atoms with van der Waals surface area (Å²) >= 11 is 0. The van der Waals surface area contributed by atoms with E-state index >= 15 is 0 Å². The zero-order valence-electron chi connectivity index (χ0n) is 23.7. The fourth-order valence-corrected chi connectivity index (χ4v) is 6.80. The van der Waals surface area contributed by atoms with Gasteiger partial charge in [0.05, 0.1) is 13.1 Å². The molecule has 36 heavy (non-hydrogen) atoms.